The van der Waals surface area contributed by atoms with Crippen LogP contribution in [0.1, 0.15) is 5.82 Å². The third kappa shape index (κ3) is 4.05. The van der Waals surface area contributed by atoms with Crippen LogP contribution in [0.4, 0.5) is 10.2 Å². The van der Waals surface area contributed by atoms with Gasteiger partial charge in [0.05, 0.1) is 11.6 Å². The zero-order chi connectivity index (χ0) is 24.7. The number of carbonyl (C=O) groups is 1. The van der Waals surface area contributed by atoms with E-state index in [1.807, 2.05) is 29.2 Å². The number of aromatic hydroxyl groups is 1. The fraction of sp³-hybridized carbons (Fsp3) is 0.192. The van der Waals surface area contributed by atoms with Gasteiger partial charge < -0.3 is 20.6 Å². The summed E-state index contributed by atoms with van der Waals surface area (Å²) in [6, 6.07) is 12.2. The van der Waals surface area contributed by atoms with E-state index in [2.05, 4.69) is 16.5 Å². The second-order valence-electron chi connectivity index (χ2n) is 8.34. The van der Waals surface area contributed by atoms with Crippen molar-refractivity contribution in [3.8, 4) is 16.9 Å². The summed E-state index contributed by atoms with van der Waals surface area (Å²) in [5, 5.41) is 12.4. The predicted molar refractivity (Wildman–Crippen MR) is 136 cm³/mol. The lowest BCUT2D eigenvalue weighted by atomic mass is 9.96. The van der Waals surface area contributed by atoms with Gasteiger partial charge in [0.15, 0.2) is 5.82 Å². The molecule has 0 bridgehead atoms. The maximum absolute atomic E-state index is 16.2. The van der Waals surface area contributed by atoms with Crippen molar-refractivity contribution in [2.24, 2.45) is 5.73 Å². The van der Waals surface area contributed by atoms with Gasteiger partial charge in [-0.25, -0.2) is 14.4 Å². The maximum atomic E-state index is 16.2. The largest absolute Gasteiger partial charge is 0.508 e. The number of anilines is 1. The highest BCUT2D eigenvalue weighted by atomic mass is 35.5. The molecule has 1 fully saturated rings. The van der Waals surface area contributed by atoms with E-state index >= 15 is 4.39 Å². The SMILES string of the molecule is C=CC(=O)N1CCN(c2nc(CN)nc3c(F)c(-c4cc(O)cc5ccccc45)c(Cl)cc23)CC1. The Hall–Kier alpha value is -3.75. The molecule has 2 heterocycles. The van der Waals surface area contributed by atoms with Gasteiger partial charge in [-0.3, -0.25) is 4.79 Å². The average molecular weight is 492 g/mol. The van der Waals surface area contributed by atoms with E-state index in [0.717, 1.165) is 10.8 Å². The molecule has 9 heteroatoms. The number of halogens is 2. The van der Waals surface area contributed by atoms with Crippen molar-refractivity contribution in [3.05, 3.63) is 71.8 Å². The minimum Gasteiger partial charge on any atom is -0.508 e. The third-order valence-electron chi connectivity index (χ3n) is 6.27. The third-order valence-corrected chi connectivity index (χ3v) is 6.57. The fourth-order valence-electron chi connectivity index (χ4n) is 4.57. The standard InChI is InChI=1S/C26H23ClFN5O2/c1-2-22(35)32-7-9-33(10-8-32)26-19-13-20(27)23(24(28)25(19)30-21(14-29)31-26)18-12-16(34)11-15-5-3-4-6-17(15)18/h2-6,11-13,34H,1,7-10,14,29H2. The van der Waals surface area contributed by atoms with Crippen molar-refractivity contribution in [2.75, 3.05) is 31.1 Å². The molecule has 4 aromatic rings. The van der Waals surface area contributed by atoms with Gasteiger partial charge in [-0.1, -0.05) is 42.4 Å². The zero-order valence-corrected chi connectivity index (χ0v) is 19.6. The Balaban J connectivity index is 1.68. The Morgan fingerprint density at radius 3 is 2.60 bits per heavy atom. The van der Waals surface area contributed by atoms with Crippen LogP contribution < -0.4 is 10.6 Å². The number of benzene rings is 3. The highest BCUT2D eigenvalue weighted by Gasteiger charge is 2.26. The number of rotatable bonds is 4. The molecule has 0 unspecified atom stereocenters. The molecule has 0 saturated carbocycles. The monoisotopic (exact) mass is 491 g/mol. The van der Waals surface area contributed by atoms with Gasteiger partial charge in [0.25, 0.3) is 0 Å². The summed E-state index contributed by atoms with van der Waals surface area (Å²) in [5.74, 6) is 0.0884. The molecule has 178 valence electrons. The van der Waals surface area contributed by atoms with Gasteiger partial charge in [0.1, 0.15) is 22.9 Å². The fourth-order valence-corrected chi connectivity index (χ4v) is 4.87. The first kappa shape index (κ1) is 23.0. The second kappa shape index (κ2) is 9.13. The van der Waals surface area contributed by atoms with Gasteiger partial charge >= 0.3 is 0 Å². The average Bonchev–Trinajstić information content (AvgIpc) is 2.87. The number of aromatic nitrogens is 2. The molecule has 5 rings (SSSR count). The van der Waals surface area contributed by atoms with Crippen LogP contribution in [-0.2, 0) is 11.3 Å². The Morgan fingerprint density at radius 1 is 1.14 bits per heavy atom. The second-order valence-corrected chi connectivity index (χ2v) is 8.75. The van der Waals surface area contributed by atoms with Crippen LogP contribution in [0.2, 0.25) is 5.02 Å². The van der Waals surface area contributed by atoms with Crippen LogP contribution in [0.5, 0.6) is 5.75 Å². The number of fused-ring (bicyclic) bond motifs is 2. The molecule has 3 N–H and O–H groups in total. The van der Waals surface area contributed by atoms with Crippen molar-refractivity contribution in [2.45, 2.75) is 6.54 Å². The van der Waals surface area contributed by atoms with Crippen LogP contribution in [0.25, 0.3) is 32.8 Å². The summed E-state index contributed by atoms with van der Waals surface area (Å²) >= 11 is 6.68. The number of phenolic OH excluding ortho intramolecular Hbond substituents is 1. The molecule has 1 amide bonds. The Labute approximate surface area is 206 Å². The summed E-state index contributed by atoms with van der Waals surface area (Å²) in [4.78, 5) is 24.6. The molecule has 1 saturated heterocycles. The minimum absolute atomic E-state index is 0.00669. The highest BCUT2D eigenvalue weighted by Crippen LogP contribution is 2.42. The van der Waals surface area contributed by atoms with Crippen molar-refractivity contribution < 1.29 is 14.3 Å². The van der Waals surface area contributed by atoms with Gasteiger partial charge in [-0.05, 0) is 40.6 Å². The molecule has 0 spiro atoms. The summed E-state index contributed by atoms with van der Waals surface area (Å²) in [7, 11) is 0. The lowest BCUT2D eigenvalue weighted by Gasteiger charge is -2.35. The Kier molecular flexibility index (Phi) is 6.00. The molecule has 1 aliphatic rings. The Bertz CT molecular complexity index is 1480. The molecule has 0 radical (unpaired) electrons. The van der Waals surface area contributed by atoms with Crippen LogP contribution in [-0.4, -0.2) is 52.1 Å². The number of carbonyl (C=O) groups excluding carboxylic acids is 1. The van der Waals surface area contributed by atoms with Crippen LogP contribution in [0.3, 0.4) is 0 Å². The molecule has 0 aliphatic carbocycles. The lowest BCUT2D eigenvalue weighted by Crippen LogP contribution is -2.48. The van der Waals surface area contributed by atoms with E-state index in [9.17, 15) is 9.90 Å². The first-order valence-electron chi connectivity index (χ1n) is 11.2. The minimum atomic E-state index is -0.609. The number of nitrogens with two attached hydrogens (primary N) is 1. The van der Waals surface area contributed by atoms with Crippen molar-refractivity contribution >= 4 is 45.0 Å². The summed E-state index contributed by atoms with van der Waals surface area (Å²) in [5.41, 5.74) is 6.58. The van der Waals surface area contributed by atoms with Crippen LogP contribution in [0, 0.1) is 5.82 Å². The molecular formula is C26H23ClFN5O2. The summed E-state index contributed by atoms with van der Waals surface area (Å²) in [6.07, 6.45) is 1.30. The first-order valence-corrected chi connectivity index (χ1v) is 11.6. The lowest BCUT2D eigenvalue weighted by molar-refractivity contribution is -0.126. The predicted octanol–water partition coefficient (Wildman–Crippen LogP) is 4.24. The van der Waals surface area contributed by atoms with Crippen molar-refractivity contribution in [1.82, 2.24) is 14.9 Å². The number of amides is 1. The van der Waals surface area contributed by atoms with E-state index in [1.54, 1.807) is 17.0 Å². The van der Waals surface area contributed by atoms with E-state index in [0.29, 0.717) is 48.8 Å². The van der Waals surface area contributed by atoms with Gasteiger partial charge in [-0.2, -0.15) is 0 Å². The molecule has 3 aromatic carbocycles. The van der Waals surface area contributed by atoms with Gasteiger partial charge in [-0.15, -0.1) is 0 Å². The highest BCUT2D eigenvalue weighted by molar-refractivity contribution is 6.35. The van der Waals surface area contributed by atoms with Crippen molar-refractivity contribution in [3.63, 3.8) is 0 Å². The smallest absolute Gasteiger partial charge is 0.246 e. The molecule has 1 aromatic heterocycles. The normalized spacial score (nSPS) is 14.0. The molecular weight excluding hydrogens is 469 g/mol. The quantitative estimate of drug-likeness (QED) is 0.414. The van der Waals surface area contributed by atoms with E-state index in [1.165, 1.54) is 12.1 Å². The first-order chi connectivity index (χ1) is 16.9. The Morgan fingerprint density at radius 2 is 1.89 bits per heavy atom. The number of hydrogen-bond donors (Lipinski definition) is 2. The van der Waals surface area contributed by atoms with E-state index < -0.39 is 5.82 Å². The molecule has 0 atom stereocenters. The summed E-state index contributed by atoms with van der Waals surface area (Å²) in [6.45, 7) is 5.56. The summed E-state index contributed by atoms with van der Waals surface area (Å²) < 4.78 is 16.2. The van der Waals surface area contributed by atoms with E-state index in [-0.39, 0.29) is 34.3 Å². The van der Waals surface area contributed by atoms with Crippen molar-refractivity contribution in [1.29, 1.82) is 0 Å². The molecule has 7 nitrogen and oxygen atoms in total. The number of phenols is 1. The maximum Gasteiger partial charge on any atom is 0.246 e. The van der Waals surface area contributed by atoms with Crippen LogP contribution >= 0.6 is 11.6 Å². The topological polar surface area (TPSA) is 95.6 Å². The van der Waals surface area contributed by atoms with Gasteiger partial charge in [0.2, 0.25) is 5.91 Å². The number of hydrogen-bond acceptors (Lipinski definition) is 6. The zero-order valence-electron chi connectivity index (χ0n) is 18.8. The van der Waals surface area contributed by atoms with Gasteiger partial charge in [0, 0.05) is 37.1 Å². The van der Waals surface area contributed by atoms with E-state index in [4.69, 9.17) is 17.3 Å². The molecule has 1 aliphatic heterocycles. The van der Waals surface area contributed by atoms with Crippen LogP contribution in [0.15, 0.2) is 55.1 Å². The number of nitrogens with zero attached hydrogens (tertiary/aromatic N) is 4. The molecule has 35 heavy (non-hydrogen) atoms. The number of piperazine rings is 1.